The number of aromatic hydroxyl groups is 4. The second kappa shape index (κ2) is 35.5. The minimum atomic E-state index is -1.40. The zero-order chi connectivity index (χ0) is 92.5. The highest BCUT2D eigenvalue weighted by molar-refractivity contribution is 8.00. The number of hydrogen-bond donors (Lipinski definition) is 11. The molecule has 134 heavy (non-hydrogen) atoms. The number of phenols is 4. The number of nitrogens with one attached hydrogen (secondary N) is 6. The molecule has 11 N–H and O–H groups in total. The van der Waals surface area contributed by atoms with Crippen molar-refractivity contribution in [3.8, 4) is 86.6 Å². The number of rotatable bonds is 16. The lowest BCUT2D eigenvalue weighted by Gasteiger charge is -2.62. The maximum Gasteiger partial charge on any atom is 0.331 e. The summed E-state index contributed by atoms with van der Waals surface area (Å²) in [6.07, 6.45) is 5.60. The SMILES string of the molecule is C.COc1cc2c(cc1O)CCN[C@]21CS[C@@H]2c3c(OC(=O)CCCCC4SCC5NC(=O)NC54)c(C)c4c(c3[C@H](COC1=O)N1C2[C@H]2c3c(cc(C)c(OC)c3O)C[C@@H]([C@@H]1C#N)N2C)OCO4.COc1cc2c(cc1O)CCN[C@]21CS[C@@H]2c3c(OC(=O)CCCCC4SCC5NC(=O)NC54)c(C)c4c(c3[C@H](COC1=O)N1C2[C@H]2c3c(cc(C)c(OC)c3O)C[C@@H]([C@@H]1O)N2C)OCO4. The minimum Gasteiger partial charge on any atom is -0.504 e. The van der Waals surface area contributed by atoms with Crippen LogP contribution in [-0.2, 0) is 65.4 Å². The van der Waals surface area contributed by atoms with Crippen molar-refractivity contribution in [2.75, 3.05) is 105 Å². The van der Waals surface area contributed by atoms with Crippen LogP contribution in [-0.4, -0.2) is 258 Å². The van der Waals surface area contributed by atoms with E-state index in [0.717, 1.165) is 70.6 Å². The van der Waals surface area contributed by atoms with Crippen LogP contribution in [0, 0.1) is 39.0 Å². The number of carbonyl (C=O) groups excluding carboxylic acids is 6. The Bertz CT molecular complexity index is 5890. The summed E-state index contributed by atoms with van der Waals surface area (Å²) >= 11 is 6.64. The molecule has 18 aliphatic rings. The van der Waals surface area contributed by atoms with E-state index in [2.05, 4.69) is 52.7 Å². The number of fused-ring (bicyclic) bond motifs is 20. The predicted molar refractivity (Wildman–Crippen MR) is 496 cm³/mol. The fourth-order valence-corrected chi connectivity index (χ4v) is 31.2. The van der Waals surface area contributed by atoms with Crippen molar-refractivity contribution in [2.24, 2.45) is 0 Å². The summed E-state index contributed by atoms with van der Waals surface area (Å²) in [6.45, 7) is 7.78. The summed E-state index contributed by atoms with van der Waals surface area (Å²) in [5.41, 5.74) is 8.57. The van der Waals surface area contributed by atoms with Crippen molar-refractivity contribution in [1.82, 2.24) is 51.5 Å². The topological polar surface area (TPSA) is 423 Å². The number of benzene rings is 6. The Balaban J connectivity index is 0.000000165. The number of unbranched alkanes of at least 4 members (excludes halogenated alkanes) is 2. The number of ether oxygens (including phenoxy) is 12. The molecule has 2 spiro atoms. The molecule has 6 aromatic carbocycles. The van der Waals surface area contributed by atoms with Gasteiger partial charge >= 0.3 is 35.9 Å². The number of aryl methyl sites for hydroxylation is 2. The standard InChI is InChI=1S/C48H54N6O11S2.C47H55N5O12S2.CH4/c1-21-12-24-13-27-28(16-49)54-29-17-62-46(58)48(25-15-31(60-4)30(55)14-23(25)10-11-50-48)19-67-45(39(54)38(53(27)3)34(24)40(57)41(21)61-5)36-35(29)44-43(63-20-64-44)22(2)42(36)65-33(56)9-7-6-8-32-37-26(18-66-32)51-47(59)52-37;1-20-12-23-13-26-44(56)52-27-16-61-45(57)47(24-15-29(59-4)28(53)14-22(24)10-11-48-47)18-66-43(37(52)36(51(26)3)32(23)38(55)39(20)60-5)34-33(27)42-41(62-19-63-42)21(2)40(34)64-31(54)9-7-6-8-30-35-25(17-65-30)49-46(58)50-35;/h12,14-15,26-29,32,37-39,45,50,55,57H,6-11,13,17-20H2,1-5H3,(H2,51,52,59);12,14-15,25-27,30,35-37,43-44,48,53,55-56H,6-11,13,16-19H2,1-5H3,(H2,49,50,58);1H4/t26?,27-,28-,29-,32?,37?,38+,39?,45+,48+;25?,26-,27-,30?,35?,36+,37?,43+,44-,47+;/m00./s1. The fraction of sp³-hybridized carbons (Fsp3) is 0.552. The third-order valence-electron chi connectivity index (χ3n) is 30.8. The van der Waals surface area contributed by atoms with E-state index >= 15 is 4.79 Å². The van der Waals surface area contributed by atoms with Crippen LogP contribution in [0.15, 0.2) is 36.4 Å². The summed E-state index contributed by atoms with van der Waals surface area (Å²) < 4.78 is 74.0. The van der Waals surface area contributed by atoms with Crippen molar-refractivity contribution in [1.29, 1.82) is 5.26 Å². The molecule has 0 radical (unpaired) electrons. The Morgan fingerprint density at radius 1 is 0.522 bits per heavy atom. The molecule has 20 atom stereocenters. The Hall–Kier alpha value is -10.1. The third kappa shape index (κ3) is 14.4. The van der Waals surface area contributed by atoms with Gasteiger partial charge < -0.3 is 104 Å². The molecule has 4 amide bonds. The van der Waals surface area contributed by atoms with Gasteiger partial charge in [0.05, 0.1) is 99.4 Å². The molecular formula is C96H113N11O23S4. The molecule has 34 nitrogen and oxygen atoms in total. The molecule has 24 rings (SSSR count). The largest absolute Gasteiger partial charge is 0.504 e. The second-order valence-electron chi connectivity index (χ2n) is 37.5. The van der Waals surface area contributed by atoms with E-state index in [1.807, 2.05) is 82.3 Å². The van der Waals surface area contributed by atoms with Crippen molar-refractivity contribution in [2.45, 2.75) is 229 Å². The number of piperazine rings is 2. The monoisotopic (exact) mass is 1920 g/mol. The lowest BCUT2D eigenvalue weighted by Crippen LogP contribution is -2.70. The number of phenolic OH excluding ortho intramolecular Hbond substituents is 4. The van der Waals surface area contributed by atoms with Gasteiger partial charge in [0.1, 0.15) is 37.0 Å². The first-order valence-electron chi connectivity index (χ1n) is 45.7. The predicted octanol–water partition coefficient (Wildman–Crippen LogP) is 9.45. The summed E-state index contributed by atoms with van der Waals surface area (Å²) in [4.78, 5) is 91.0. The maximum absolute atomic E-state index is 15.0. The van der Waals surface area contributed by atoms with Gasteiger partial charge in [0.25, 0.3) is 0 Å². The van der Waals surface area contributed by atoms with Gasteiger partial charge in [0.15, 0.2) is 80.1 Å². The van der Waals surface area contributed by atoms with Crippen LogP contribution < -0.4 is 79.3 Å². The van der Waals surface area contributed by atoms with Crippen LogP contribution >= 0.6 is 47.0 Å². The maximum atomic E-state index is 15.0. The van der Waals surface area contributed by atoms with E-state index in [1.165, 1.54) is 44.9 Å². The summed E-state index contributed by atoms with van der Waals surface area (Å²) in [5.74, 6) is 3.68. The van der Waals surface area contributed by atoms with E-state index < -0.39 is 100 Å². The Kier molecular flexibility index (Phi) is 24.3. The van der Waals surface area contributed by atoms with Crippen LogP contribution in [0.1, 0.15) is 182 Å². The van der Waals surface area contributed by atoms with E-state index in [1.54, 1.807) is 31.4 Å². The highest BCUT2D eigenvalue weighted by atomic mass is 32.2. The number of nitrogens with zero attached hydrogens (tertiary/aromatic N) is 5. The number of hydrogen-bond acceptors (Lipinski definition) is 34. The van der Waals surface area contributed by atoms with Gasteiger partial charge in [0.2, 0.25) is 13.6 Å². The molecule has 8 saturated heterocycles. The van der Waals surface area contributed by atoms with Crippen LogP contribution in [0.5, 0.6) is 80.5 Å². The lowest BCUT2D eigenvalue weighted by molar-refractivity contribution is -0.186. The van der Waals surface area contributed by atoms with Crippen LogP contribution in [0.4, 0.5) is 9.59 Å². The number of nitriles is 1. The summed E-state index contributed by atoms with van der Waals surface area (Å²) in [6, 6.07) is 8.29. The lowest BCUT2D eigenvalue weighted by atomic mass is 9.71. The molecule has 8 fully saturated rings. The number of amides is 4. The number of esters is 4. The molecule has 0 aliphatic carbocycles. The van der Waals surface area contributed by atoms with Crippen molar-refractivity contribution in [3.63, 3.8) is 0 Å². The summed E-state index contributed by atoms with van der Waals surface area (Å²) in [7, 11) is 9.98. The van der Waals surface area contributed by atoms with Crippen molar-refractivity contribution >= 4 is 83.0 Å². The molecule has 0 saturated carbocycles. The molecule has 18 aliphatic heterocycles. The van der Waals surface area contributed by atoms with Crippen LogP contribution in [0.2, 0.25) is 0 Å². The third-order valence-corrected chi connectivity index (χ3v) is 36.7. The number of thioether (sulfide) groups is 4. The van der Waals surface area contributed by atoms with E-state index in [-0.39, 0.29) is 146 Å². The molecule has 38 heteroatoms. The Labute approximate surface area is 792 Å². The van der Waals surface area contributed by atoms with Crippen LogP contribution in [0.25, 0.3) is 0 Å². The average molecular weight is 1920 g/mol. The highest BCUT2D eigenvalue weighted by Gasteiger charge is 2.65. The first-order chi connectivity index (χ1) is 64.2. The molecule has 6 aromatic rings. The number of aliphatic hydroxyl groups excluding tert-OH is 1. The molecule has 18 heterocycles. The van der Waals surface area contributed by atoms with E-state index in [9.17, 15) is 54.8 Å². The average Bonchev–Trinajstić information content (AvgIpc) is 0.993. The Morgan fingerprint density at radius 2 is 0.955 bits per heavy atom. The zero-order valence-corrected chi connectivity index (χ0v) is 78.6. The number of aliphatic hydroxyl groups is 1. The molecule has 8 unspecified atom stereocenters. The van der Waals surface area contributed by atoms with Gasteiger partial charge in [0, 0.05) is 122 Å². The van der Waals surface area contributed by atoms with Gasteiger partial charge in [-0.05, 0) is 162 Å². The fourth-order valence-electron chi connectivity index (χ4n) is 24.7. The van der Waals surface area contributed by atoms with Gasteiger partial charge in [-0.25, -0.2) is 19.2 Å². The molecule has 8 bridgehead atoms. The first-order valence-corrected chi connectivity index (χ1v) is 49.9. The highest BCUT2D eigenvalue weighted by Crippen LogP contribution is 2.68. The van der Waals surface area contributed by atoms with Gasteiger partial charge in [-0.3, -0.25) is 39.8 Å². The van der Waals surface area contributed by atoms with Crippen LogP contribution in [0.3, 0.4) is 0 Å². The van der Waals surface area contributed by atoms with Gasteiger partial charge in [-0.1, -0.05) is 32.4 Å². The molecular weight excluding hydrogens is 1800 g/mol. The number of methoxy groups -OCH3 is 4. The normalized spacial score (nSPS) is 31.0. The van der Waals surface area contributed by atoms with E-state index in [4.69, 9.17) is 56.8 Å². The Morgan fingerprint density at radius 3 is 1.40 bits per heavy atom. The van der Waals surface area contributed by atoms with Gasteiger partial charge in [-0.15, -0.1) is 23.5 Å². The first kappa shape index (κ1) is 91.7. The smallest absolute Gasteiger partial charge is 0.331 e. The zero-order valence-electron chi connectivity index (χ0n) is 75.4. The van der Waals surface area contributed by atoms with Crippen molar-refractivity contribution < 1.29 is 111 Å². The number of carbonyl (C=O) groups is 6. The quantitative estimate of drug-likeness (QED) is 0.0186. The second-order valence-corrected chi connectivity index (χ2v) is 42.3. The van der Waals surface area contributed by atoms with E-state index in [0.29, 0.717) is 153 Å². The van der Waals surface area contributed by atoms with Gasteiger partial charge in [-0.2, -0.15) is 28.8 Å². The number of likely N-dealkylation sites (N-methyl/N-ethyl adjacent to an activating group) is 2. The minimum absolute atomic E-state index is 0. The molecule has 714 valence electrons. The molecule has 0 aromatic heterocycles. The number of urea groups is 2. The van der Waals surface area contributed by atoms with Crippen molar-refractivity contribution in [3.05, 3.63) is 125 Å². The summed E-state index contributed by atoms with van der Waals surface area (Å²) in [5, 5.41) is 88.8.